The van der Waals surface area contributed by atoms with E-state index in [4.69, 9.17) is 4.74 Å². The Labute approximate surface area is 123 Å². The molecule has 1 heterocycles. The van der Waals surface area contributed by atoms with Gasteiger partial charge in [0, 0.05) is 23.2 Å². The van der Waals surface area contributed by atoms with Crippen molar-refractivity contribution in [2.45, 2.75) is 25.9 Å². The van der Waals surface area contributed by atoms with Crippen LogP contribution in [0.1, 0.15) is 30.1 Å². The minimum Gasteiger partial charge on any atom is -0.377 e. The van der Waals surface area contributed by atoms with Crippen molar-refractivity contribution in [2.75, 3.05) is 26.2 Å². The lowest BCUT2D eigenvalue weighted by Gasteiger charge is -2.22. The second kappa shape index (κ2) is 7.17. The van der Waals surface area contributed by atoms with E-state index in [2.05, 4.69) is 27.8 Å². The molecule has 0 spiro atoms. The molecule has 1 saturated heterocycles. The first kappa shape index (κ1) is 14.7. The summed E-state index contributed by atoms with van der Waals surface area (Å²) in [5.41, 5.74) is 0.764. The number of ketones is 1. The van der Waals surface area contributed by atoms with Crippen LogP contribution in [0, 0.1) is 0 Å². The molecule has 0 saturated carbocycles. The Morgan fingerprint density at radius 3 is 3.00 bits per heavy atom. The smallest absolute Gasteiger partial charge is 0.176 e. The second-order valence-corrected chi connectivity index (χ2v) is 5.81. The normalized spacial score (nSPS) is 19.0. The number of carbonyl (C=O) groups excluding carboxylic acids is 1. The number of ether oxygens (including phenoxy) is 1. The highest BCUT2D eigenvalue weighted by atomic mass is 79.9. The van der Waals surface area contributed by atoms with Crippen molar-refractivity contribution < 1.29 is 9.53 Å². The molecule has 1 aromatic rings. The van der Waals surface area contributed by atoms with Crippen LogP contribution in [0.25, 0.3) is 0 Å². The van der Waals surface area contributed by atoms with Crippen LogP contribution < -0.4 is 0 Å². The van der Waals surface area contributed by atoms with Crippen LogP contribution in [-0.2, 0) is 4.74 Å². The van der Waals surface area contributed by atoms with Gasteiger partial charge in [-0.2, -0.15) is 0 Å². The fourth-order valence-electron chi connectivity index (χ4n) is 2.34. The van der Waals surface area contributed by atoms with Crippen molar-refractivity contribution >= 4 is 21.7 Å². The van der Waals surface area contributed by atoms with Gasteiger partial charge in [0.25, 0.3) is 0 Å². The SMILES string of the molecule is CCN(CC(=O)c1cccc(Br)c1)CC1CCCO1. The van der Waals surface area contributed by atoms with E-state index in [9.17, 15) is 4.79 Å². The highest BCUT2D eigenvalue weighted by molar-refractivity contribution is 9.10. The first-order valence-electron chi connectivity index (χ1n) is 6.81. The highest BCUT2D eigenvalue weighted by Crippen LogP contribution is 2.15. The minimum atomic E-state index is 0.168. The average molecular weight is 326 g/mol. The summed E-state index contributed by atoms with van der Waals surface area (Å²) in [6.07, 6.45) is 2.55. The lowest BCUT2D eigenvalue weighted by atomic mass is 10.1. The van der Waals surface area contributed by atoms with Crippen LogP contribution in [0.5, 0.6) is 0 Å². The second-order valence-electron chi connectivity index (χ2n) is 4.90. The first-order valence-corrected chi connectivity index (χ1v) is 7.61. The van der Waals surface area contributed by atoms with E-state index in [1.165, 1.54) is 0 Å². The molecule has 0 aromatic heterocycles. The van der Waals surface area contributed by atoms with Gasteiger partial charge in [0.2, 0.25) is 0 Å². The molecule has 1 aliphatic heterocycles. The minimum absolute atomic E-state index is 0.168. The number of hydrogen-bond acceptors (Lipinski definition) is 3. The number of hydrogen-bond donors (Lipinski definition) is 0. The maximum absolute atomic E-state index is 12.2. The van der Waals surface area contributed by atoms with Crippen molar-refractivity contribution in [1.82, 2.24) is 4.90 Å². The zero-order valence-electron chi connectivity index (χ0n) is 11.3. The summed E-state index contributed by atoms with van der Waals surface area (Å²) in [5, 5.41) is 0. The van der Waals surface area contributed by atoms with Gasteiger partial charge in [-0.05, 0) is 31.5 Å². The summed E-state index contributed by atoms with van der Waals surface area (Å²) in [6, 6.07) is 7.57. The topological polar surface area (TPSA) is 29.5 Å². The molecule has 4 heteroatoms. The molecule has 3 nitrogen and oxygen atoms in total. The molecular weight excluding hydrogens is 306 g/mol. The average Bonchev–Trinajstić information content (AvgIpc) is 2.90. The fraction of sp³-hybridized carbons (Fsp3) is 0.533. The van der Waals surface area contributed by atoms with Crippen molar-refractivity contribution in [1.29, 1.82) is 0 Å². The van der Waals surface area contributed by atoms with Crippen molar-refractivity contribution in [2.24, 2.45) is 0 Å². The van der Waals surface area contributed by atoms with E-state index >= 15 is 0 Å². The van der Waals surface area contributed by atoms with Crippen molar-refractivity contribution in [3.8, 4) is 0 Å². The third-order valence-electron chi connectivity index (χ3n) is 3.45. The Morgan fingerprint density at radius 2 is 2.37 bits per heavy atom. The molecule has 1 fully saturated rings. The van der Waals surface area contributed by atoms with Crippen LogP contribution in [0.4, 0.5) is 0 Å². The molecule has 1 aliphatic rings. The molecule has 0 radical (unpaired) electrons. The predicted molar refractivity (Wildman–Crippen MR) is 79.6 cm³/mol. The van der Waals surface area contributed by atoms with Crippen molar-refractivity contribution in [3.63, 3.8) is 0 Å². The van der Waals surface area contributed by atoms with Gasteiger partial charge >= 0.3 is 0 Å². The van der Waals surface area contributed by atoms with Crippen LogP contribution in [0.15, 0.2) is 28.7 Å². The van der Waals surface area contributed by atoms with Gasteiger partial charge in [-0.15, -0.1) is 0 Å². The molecule has 0 bridgehead atoms. The van der Waals surface area contributed by atoms with Crippen LogP contribution >= 0.6 is 15.9 Å². The van der Waals surface area contributed by atoms with Gasteiger partial charge in [0.1, 0.15) is 0 Å². The predicted octanol–water partition coefficient (Wildman–Crippen LogP) is 3.13. The fourth-order valence-corrected chi connectivity index (χ4v) is 2.74. The number of halogens is 1. The van der Waals surface area contributed by atoms with E-state index in [1.807, 2.05) is 24.3 Å². The van der Waals surface area contributed by atoms with Crippen LogP contribution in [0.3, 0.4) is 0 Å². The molecule has 19 heavy (non-hydrogen) atoms. The van der Waals surface area contributed by atoms with E-state index < -0.39 is 0 Å². The third kappa shape index (κ3) is 4.41. The van der Waals surface area contributed by atoms with Gasteiger partial charge < -0.3 is 4.74 Å². The Balaban J connectivity index is 1.91. The Hall–Kier alpha value is -0.710. The number of carbonyl (C=O) groups is 1. The monoisotopic (exact) mass is 325 g/mol. The molecule has 0 N–H and O–H groups in total. The van der Waals surface area contributed by atoms with Crippen molar-refractivity contribution in [3.05, 3.63) is 34.3 Å². The van der Waals surface area contributed by atoms with E-state index in [0.717, 1.165) is 42.6 Å². The van der Waals surface area contributed by atoms with E-state index in [-0.39, 0.29) is 5.78 Å². The van der Waals surface area contributed by atoms with E-state index in [1.54, 1.807) is 0 Å². The van der Waals surface area contributed by atoms with E-state index in [0.29, 0.717) is 12.6 Å². The molecule has 1 atom stereocenters. The van der Waals surface area contributed by atoms with Crippen LogP contribution in [-0.4, -0.2) is 43.0 Å². The summed E-state index contributed by atoms with van der Waals surface area (Å²) in [4.78, 5) is 14.4. The number of likely N-dealkylation sites (N-methyl/N-ethyl adjacent to an activating group) is 1. The standard InChI is InChI=1S/C15H20BrNO2/c1-2-17(10-14-7-4-8-19-14)11-15(18)12-5-3-6-13(16)9-12/h3,5-6,9,14H,2,4,7-8,10-11H2,1H3. The molecule has 1 aromatic carbocycles. The first-order chi connectivity index (χ1) is 9.19. The molecule has 0 aliphatic carbocycles. The highest BCUT2D eigenvalue weighted by Gasteiger charge is 2.20. The molecule has 1 unspecified atom stereocenters. The zero-order valence-corrected chi connectivity index (χ0v) is 12.9. The Morgan fingerprint density at radius 1 is 1.53 bits per heavy atom. The molecule has 2 rings (SSSR count). The maximum Gasteiger partial charge on any atom is 0.176 e. The summed E-state index contributed by atoms with van der Waals surface area (Å²) in [5.74, 6) is 0.168. The largest absolute Gasteiger partial charge is 0.377 e. The van der Waals surface area contributed by atoms with Gasteiger partial charge in [0.05, 0.1) is 12.6 Å². The molecule has 104 valence electrons. The molecule has 0 amide bonds. The lowest BCUT2D eigenvalue weighted by Crippen LogP contribution is -2.36. The lowest BCUT2D eigenvalue weighted by molar-refractivity contribution is 0.0686. The molecular formula is C15H20BrNO2. The number of Topliss-reactive ketones (excluding diaryl/α,β-unsaturated/α-hetero) is 1. The van der Waals surface area contributed by atoms with Gasteiger partial charge in [-0.1, -0.05) is 35.0 Å². The van der Waals surface area contributed by atoms with Gasteiger partial charge in [-0.3, -0.25) is 9.69 Å². The number of nitrogens with zero attached hydrogens (tertiary/aromatic N) is 1. The maximum atomic E-state index is 12.2. The Kier molecular flexibility index (Phi) is 5.55. The quantitative estimate of drug-likeness (QED) is 0.752. The summed E-state index contributed by atoms with van der Waals surface area (Å²) < 4.78 is 6.58. The summed E-state index contributed by atoms with van der Waals surface area (Å²) in [6.45, 7) is 5.15. The van der Waals surface area contributed by atoms with Crippen LogP contribution in [0.2, 0.25) is 0 Å². The Bertz CT molecular complexity index is 430. The zero-order chi connectivity index (χ0) is 13.7. The summed E-state index contributed by atoms with van der Waals surface area (Å²) >= 11 is 3.40. The van der Waals surface area contributed by atoms with Gasteiger partial charge in [0.15, 0.2) is 5.78 Å². The van der Waals surface area contributed by atoms with Gasteiger partial charge in [-0.25, -0.2) is 0 Å². The number of benzene rings is 1. The summed E-state index contributed by atoms with van der Waals surface area (Å²) in [7, 11) is 0. The number of rotatable bonds is 6. The third-order valence-corrected chi connectivity index (χ3v) is 3.94.